The molecule has 4 nitrogen and oxygen atoms in total. The van der Waals surface area contributed by atoms with Crippen LogP contribution in [0.15, 0.2) is 33.7 Å². The summed E-state index contributed by atoms with van der Waals surface area (Å²) in [5, 5.41) is 10.2. The number of rotatable bonds is 2. The third-order valence-corrected chi connectivity index (χ3v) is 2.69. The van der Waals surface area contributed by atoms with Gasteiger partial charge >= 0.3 is 0 Å². The summed E-state index contributed by atoms with van der Waals surface area (Å²) in [6.45, 7) is 1.89. The van der Waals surface area contributed by atoms with Gasteiger partial charge in [0.05, 0.1) is 12.6 Å². The van der Waals surface area contributed by atoms with Crippen molar-refractivity contribution in [2.24, 2.45) is 0 Å². The van der Waals surface area contributed by atoms with Gasteiger partial charge < -0.3 is 5.11 Å². The molecule has 2 aromatic heterocycles. The van der Waals surface area contributed by atoms with Gasteiger partial charge in [0.1, 0.15) is 10.3 Å². The molecule has 1 unspecified atom stereocenters. The summed E-state index contributed by atoms with van der Waals surface area (Å²) >= 11 is 3.27. The molecular formula is C11H11BrN2O2. The lowest BCUT2D eigenvalue weighted by Gasteiger charge is -2.10. The third-order valence-electron chi connectivity index (χ3n) is 2.25. The van der Waals surface area contributed by atoms with Gasteiger partial charge in [0.15, 0.2) is 0 Å². The Morgan fingerprint density at radius 2 is 2.12 bits per heavy atom. The van der Waals surface area contributed by atoms with Gasteiger partial charge in [-0.05, 0) is 41.1 Å². The van der Waals surface area contributed by atoms with Crippen LogP contribution in [0.3, 0.4) is 0 Å². The normalized spacial score (nSPS) is 12.9. The van der Waals surface area contributed by atoms with E-state index in [2.05, 4.69) is 20.9 Å². The number of aliphatic hydroxyl groups excluding tert-OH is 1. The minimum absolute atomic E-state index is 0.154. The number of pyridine rings is 2. The first kappa shape index (κ1) is 11.3. The lowest BCUT2D eigenvalue weighted by Crippen LogP contribution is -2.25. The summed E-state index contributed by atoms with van der Waals surface area (Å²) < 4.78 is 2.15. The molecule has 0 aliphatic carbocycles. The Morgan fingerprint density at radius 3 is 2.81 bits per heavy atom. The molecule has 0 amide bonds. The van der Waals surface area contributed by atoms with Crippen molar-refractivity contribution in [1.29, 1.82) is 0 Å². The molecule has 0 saturated carbocycles. The van der Waals surface area contributed by atoms with E-state index in [4.69, 9.17) is 0 Å². The highest BCUT2D eigenvalue weighted by atomic mass is 79.9. The van der Waals surface area contributed by atoms with Gasteiger partial charge in [-0.1, -0.05) is 0 Å². The highest BCUT2D eigenvalue weighted by Crippen LogP contribution is 2.14. The van der Waals surface area contributed by atoms with Gasteiger partial charge in [-0.3, -0.25) is 9.36 Å². The zero-order valence-electron chi connectivity index (χ0n) is 8.72. The molecule has 0 saturated heterocycles. The number of nitrogens with zero attached hydrogens (tertiary/aromatic N) is 2. The van der Waals surface area contributed by atoms with Crippen LogP contribution >= 0.6 is 15.9 Å². The number of hydrogen-bond donors (Lipinski definition) is 1. The largest absolute Gasteiger partial charge is 0.392 e. The van der Waals surface area contributed by atoms with E-state index in [9.17, 15) is 9.90 Å². The van der Waals surface area contributed by atoms with Crippen molar-refractivity contribution in [2.45, 2.75) is 19.6 Å². The first-order valence-corrected chi connectivity index (χ1v) is 5.71. The van der Waals surface area contributed by atoms with E-state index in [-0.39, 0.29) is 12.1 Å². The van der Waals surface area contributed by atoms with E-state index in [0.29, 0.717) is 10.3 Å². The monoisotopic (exact) mass is 282 g/mol. The van der Waals surface area contributed by atoms with Crippen molar-refractivity contribution in [3.8, 4) is 0 Å². The highest BCUT2D eigenvalue weighted by molar-refractivity contribution is 9.10. The van der Waals surface area contributed by atoms with E-state index < -0.39 is 6.10 Å². The maximum Gasteiger partial charge on any atom is 0.252 e. The SMILES string of the molecule is CC(O)Cn1c(=O)ccc2ccc(Br)nc21. The lowest BCUT2D eigenvalue weighted by molar-refractivity contribution is 0.173. The van der Waals surface area contributed by atoms with Crippen LogP contribution in [0, 0.1) is 0 Å². The van der Waals surface area contributed by atoms with Gasteiger partial charge in [0.25, 0.3) is 5.56 Å². The molecule has 0 fully saturated rings. The first-order valence-electron chi connectivity index (χ1n) is 4.92. The smallest absolute Gasteiger partial charge is 0.252 e. The fraction of sp³-hybridized carbons (Fsp3) is 0.273. The molecule has 0 spiro atoms. The Labute approximate surface area is 101 Å². The second kappa shape index (κ2) is 4.35. The zero-order chi connectivity index (χ0) is 11.7. The third kappa shape index (κ3) is 2.15. The maximum absolute atomic E-state index is 11.7. The Bertz CT molecular complexity index is 578. The van der Waals surface area contributed by atoms with Crippen LogP contribution in [0.1, 0.15) is 6.92 Å². The van der Waals surface area contributed by atoms with E-state index >= 15 is 0 Å². The fourth-order valence-electron chi connectivity index (χ4n) is 1.58. The highest BCUT2D eigenvalue weighted by Gasteiger charge is 2.07. The van der Waals surface area contributed by atoms with Gasteiger partial charge in [0.2, 0.25) is 0 Å². The van der Waals surface area contributed by atoms with Crippen LogP contribution in [-0.4, -0.2) is 20.8 Å². The number of fused-ring (bicyclic) bond motifs is 1. The Kier molecular flexibility index (Phi) is 3.07. The van der Waals surface area contributed by atoms with Gasteiger partial charge in [-0.15, -0.1) is 0 Å². The average molecular weight is 283 g/mol. The predicted molar refractivity (Wildman–Crippen MR) is 65.4 cm³/mol. The summed E-state index contributed by atoms with van der Waals surface area (Å²) in [6.07, 6.45) is -0.580. The average Bonchev–Trinajstić information content (AvgIpc) is 2.22. The van der Waals surface area contributed by atoms with Crippen LogP contribution in [0.4, 0.5) is 0 Å². The van der Waals surface area contributed by atoms with Gasteiger partial charge in [0, 0.05) is 11.5 Å². The van der Waals surface area contributed by atoms with Crippen molar-refractivity contribution >= 4 is 27.0 Å². The van der Waals surface area contributed by atoms with Gasteiger partial charge in [-0.25, -0.2) is 4.98 Å². The van der Waals surface area contributed by atoms with Crippen molar-refractivity contribution < 1.29 is 5.11 Å². The maximum atomic E-state index is 11.7. The molecule has 1 N–H and O–H groups in total. The van der Waals surface area contributed by atoms with Crippen LogP contribution < -0.4 is 5.56 Å². The van der Waals surface area contributed by atoms with Crippen LogP contribution in [0.2, 0.25) is 0 Å². The standard InChI is InChI=1S/C11H11BrN2O2/c1-7(15)6-14-10(16)5-3-8-2-4-9(12)13-11(8)14/h2-5,7,15H,6H2,1H3. The summed E-state index contributed by atoms with van der Waals surface area (Å²) in [5.74, 6) is 0. The molecular weight excluding hydrogens is 272 g/mol. The molecule has 2 rings (SSSR count). The number of hydrogen-bond acceptors (Lipinski definition) is 3. The van der Waals surface area contributed by atoms with Gasteiger partial charge in [-0.2, -0.15) is 0 Å². The molecule has 0 aromatic carbocycles. The Hall–Kier alpha value is -1.20. The summed E-state index contributed by atoms with van der Waals surface area (Å²) in [6, 6.07) is 6.92. The van der Waals surface area contributed by atoms with Crippen LogP contribution in [0.25, 0.3) is 11.0 Å². The number of aromatic nitrogens is 2. The van der Waals surface area contributed by atoms with Crippen molar-refractivity contribution in [3.05, 3.63) is 39.2 Å². The van der Waals surface area contributed by atoms with Crippen LogP contribution in [-0.2, 0) is 6.54 Å². The predicted octanol–water partition coefficient (Wildman–Crippen LogP) is 1.54. The molecule has 16 heavy (non-hydrogen) atoms. The first-order chi connectivity index (χ1) is 7.58. The molecule has 2 heterocycles. The summed E-state index contributed by atoms with van der Waals surface area (Å²) in [5.41, 5.74) is 0.432. The minimum atomic E-state index is -0.580. The zero-order valence-corrected chi connectivity index (χ0v) is 10.3. The minimum Gasteiger partial charge on any atom is -0.392 e. The van der Waals surface area contributed by atoms with Crippen molar-refractivity contribution in [1.82, 2.24) is 9.55 Å². The Morgan fingerprint density at radius 1 is 1.44 bits per heavy atom. The molecule has 0 radical (unpaired) electrons. The molecule has 84 valence electrons. The summed E-state index contributed by atoms with van der Waals surface area (Å²) in [4.78, 5) is 15.9. The second-order valence-electron chi connectivity index (χ2n) is 3.68. The summed E-state index contributed by atoms with van der Waals surface area (Å²) in [7, 11) is 0. The molecule has 1 atom stereocenters. The molecule has 2 aromatic rings. The lowest BCUT2D eigenvalue weighted by atomic mass is 10.3. The fourth-order valence-corrected chi connectivity index (χ4v) is 1.88. The van der Waals surface area contributed by atoms with E-state index in [1.165, 1.54) is 10.6 Å². The number of aliphatic hydroxyl groups is 1. The van der Waals surface area contributed by atoms with E-state index in [0.717, 1.165) is 5.39 Å². The topological polar surface area (TPSA) is 55.1 Å². The van der Waals surface area contributed by atoms with Crippen LogP contribution in [0.5, 0.6) is 0 Å². The van der Waals surface area contributed by atoms with E-state index in [1.807, 2.05) is 12.1 Å². The molecule has 0 aliphatic heterocycles. The molecule has 0 bridgehead atoms. The molecule has 5 heteroatoms. The van der Waals surface area contributed by atoms with Crippen molar-refractivity contribution in [3.63, 3.8) is 0 Å². The molecule has 0 aliphatic rings. The van der Waals surface area contributed by atoms with E-state index in [1.54, 1.807) is 13.0 Å². The Balaban J connectivity index is 2.72. The second-order valence-corrected chi connectivity index (χ2v) is 4.49. The quantitative estimate of drug-likeness (QED) is 0.851. The van der Waals surface area contributed by atoms with Crippen molar-refractivity contribution in [2.75, 3.05) is 0 Å². The number of halogens is 1.